The van der Waals surface area contributed by atoms with Gasteiger partial charge < -0.3 is 15.4 Å². The fourth-order valence-electron chi connectivity index (χ4n) is 2.47. The highest BCUT2D eigenvalue weighted by atomic mass is 16.3. The van der Waals surface area contributed by atoms with E-state index in [0.717, 1.165) is 23.0 Å². The molecule has 1 heterocycles. The van der Waals surface area contributed by atoms with Gasteiger partial charge in [-0.15, -0.1) is 0 Å². The number of rotatable bonds is 5. The zero-order chi connectivity index (χ0) is 14.7. The normalized spacial score (nSPS) is 12.6. The maximum atomic E-state index is 12.4. The first-order valence-electron chi connectivity index (χ1n) is 7.08. The Kier molecular flexibility index (Phi) is 4.45. The van der Waals surface area contributed by atoms with Gasteiger partial charge in [0.1, 0.15) is 0 Å². The molecule has 1 aromatic heterocycles. The average molecular weight is 274 g/mol. The first-order chi connectivity index (χ1) is 9.58. The van der Waals surface area contributed by atoms with Crippen molar-refractivity contribution in [3.8, 4) is 0 Å². The molecule has 2 aromatic rings. The van der Waals surface area contributed by atoms with Crippen molar-refractivity contribution in [2.24, 2.45) is 0 Å². The maximum Gasteiger partial charge on any atom is 0.253 e. The Morgan fingerprint density at radius 1 is 1.40 bits per heavy atom. The number of aliphatic hydroxyl groups excluding tert-OH is 1. The Morgan fingerprint density at radius 3 is 2.80 bits per heavy atom. The Bertz CT molecular complexity index is 616. The summed E-state index contributed by atoms with van der Waals surface area (Å²) in [7, 11) is 0. The molecule has 1 unspecified atom stereocenters. The van der Waals surface area contributed by atoms with Gasteiger partial charge in [-0.1, -0.05) is 19.1 Å². The van der Waals surface area contributed by atoms with Gasteiger partial charge in [0.2, 0.25) is 0 Å². The summed E-state index contributed by atoms with van der Waals surface area (Å²) in [5.74, 6) is -0.0860. The summed E-state index contributed by atoms with van der Waals surface area (Å²) in [6, 6.07) is 5.78. The molecule has 4 nitrogen and oxygen atoms in total. The van der Waals surface area contributed by atoms with Crippen LogP contribution in [0.1, 0.15) is 41.4 Å². The number of benzene rings is 1. The van der Waals surface area contributed by atoms with Crippen LogP contribution in [0.4, 0.5) is 0 Å². The van der Waals surface area contributed by atoms with Crippen LogP contribution in [0.15, 0.2) is 18.2 Å². The molecular formula is C16H22N2O2. The van der Waals surface area contributed by atoms with E-state index in [4.69, 9.17) is 5.11 Å². The Labute approximate surface area is 119 Å². The number of aliphatic hydroxyl groups is 1. The van der Waals surface area contributed by atoms with Crippen LogP contribution >= 0.6 is 0 Å². The second-order valence-corrected chi connectivity index (χ2v) is 5.19. The number of para-hydroxylation sites is 1. The van der Waals surface area contributed by atoms with Crippen LogP contribution in [0, 0.1) is 13.8 Å². The van der Waals surface area contributed by atoms with Gasteiger partial charge in [-0.3, -0.25) is 4.79 Å². The molecule has 0 spiro atoms. The van der Waals surface area contributed by atoms with E-state index in [2.05, 4.69) is 17.2 Å². The molecule has 0 aliphatic carbocycles. The maximum absolute atomic E-state index is 12.4. The molecule has 3 N–H and O–H groups in total. The number of nitrogens with one attached hydrogen (secondary N) is 2. The van der Waals surface area contributed by atoms with Crippen molar-refractivity contribution in [1.29, 1.82) is 0 Å². The molecule has 2 rings (SSSR count). The minimum Gasteiger partial charge on any atom is -0.396 e. The number of hydrogen-bond donors (Lipinski definition) is 3. The van der Waals surface area contributed by atoms with E-state index in [-0.39, 0.29) is 18.6 Å². The highest BCUT2D eigenvalue weighted by Crippen LogP contribution is 2.24. The molecule has 0 bridgehead atoms. The van der Waals surface area contributed by atoms with Crippen LogP contribution < -0.4 is 5.32 Å². The van der Waals surface area contributed by atoms with Crippen LogP contribution in [0.25, 0.3) is 10.9 Å². The molecule has 0 fully saturated rings. The lowest BCUT2D eigenvalue weighted by atomic mass is 10.1. The van der Waals surface area contributed by atoms with E-state index in [1.54, 1.807) is 0 Å². The van der Waals surface area contributed by atoms with Gasteiger partial charge in [-0.25, -0.2) is 0 Å². The standard InChI is InChI=1S/C16H22N2O2/c1-4-12(8-9-19)18-16(20)14-7-5-6-13-10(2)11(3)17-15(13)14/h5-7,12,17,19H,4,8-9H2,1-3H3,(H,18,20). The third-order valence-corrected chi connectivity index (χ3v) is 3.89. The highest BCUT2D eigenvalue weighted by Gasteiger charge is 2.16. The van der Waals surface area contributed by atoms with Gasteiger partial charge in [0.05, 0.1) is 11.1 Å². The minimum atomic E-state index is -0.0860. The molecule has 0 aliphatic rings. The Hall–Kier alpha value is -1.81. The molecule has 108 valence electrons. The van der Waals surface area contributed by atoms with Crippen molar-refractivity contribution >= 4 is 16.8 Å². The Balaban J connectivity index is 2.33. The van der Waals surface area contributed by atoms with Crippen molar-refractivity contribution in [2.75, 3.05) is 6.61 Å². The predicted octanol–water partition coefficient (Wildman–Crippen LogP) is 2.68. The number of amides is 1. The molecule has 1 atom stereocenters. The quantitative estimate of drug-likeness (QED) is 0.785. The number of hydrogen-bond acceptors (Lipinski definition) is 2. The number of aryl methyl sites for hydroxylation is 2. The third kappa shape index (κ3) is 2.70. The van der Waals surface area contributed by atoms with Crippen molar-refractivity contribution in [3.63, 3.8) is 0 Å². The number of aromatic amines is 1. The molecular weight excluding hydrogens is 252 g/mol. The Morgan fingerprint density at radius 2 is 2.15 bits per heavy atom. The number of carbonyl (C=O) groups is 1. The number of fused-ring (bicyclic) bond motifs is 1. The molecule has 20 heavy (non-hydrogen) atoms. The van der Waals surface area contributed by atoms with E-state index in [9.17, 15) is 4.79 Å². The predicted molar refractivity (Wildman–Crippen MR) is 81.0 cm³/mol. The second-order valence-electron chi connectivity index (χ2n) is 5.19. The lowest BCUT2D eigenvalue weighted by Crippen LogP contribution is -2.35. The second kappa shape index (κ2) is 6.09. The van der Waals surface area contributed by atoms with E-state index in [1.165, 1.54) is 5.56 Å². The van der Waals surface area contributed by atoms with E-state index < -0.39 is 0 Å². The van der Waals surface area contributed by atoms with Crippen LogP contribution in [0.2, 0.25) is 0 Å². The first-order valence-corrected chi connectivity index (χ1v) is 7.08. The zero-order valence-electron chi connectivity index (χ0n) is 12.3. The lowest BCUT2D eigenvalue weighted by molar-refractivity contribution is 0.0930. The fraction of sp³-hybridized carbons (Fsp3) is 0.438. The topological polar surface area (TPSA) is 65.1 Å². The summed E-state index contributed by atoms with van der Waals surface area (Å²) in [6.45, 7) is 6.15. The molecule has 0 aliphatic heterocycles. The summed E-state index contributed by atoms with van der Waals surface area (Å²) >= 11 is 0. The summed E-state index contributed by atoms with van der Waals surface area (Å²) in [5.41, 5.74) is 3.81. The molecule has 4 heteroatoms. The van der Waals surface area contributed by atoms with Crippen molar-refractivity contribution in [2.45, 2.75) is 39.7 Å². The largest absolute Gasteiger partial charge is 0.396 e. The smallest absolute Gasteiger partial charge is 0.253 e. The molecule has 0 radical (unpaired) electrons. The summed E-state index contributed by atoms with van der Waals surface area (Å²) < 4.78 is 0. The SMILES string of the molecule is CCC(CCO)NC(=O)c1cccc2c(C)c(C)[nH]c12. The van der Waals surface area contributed by atoms with Gasteiger partial charge in [0.25, 0.3) is 5.91 Å². The van der Waals surface area contributed by atoms with Crippen molar-refractivity contribution < 1.29 is 9.90 Å². The van der Waals surface area contributed by atoms with Crippen molar-refractivity contribution in [3.05, 3.63) is 35.0 Å². The third-order valence-electron chi connectivity index (χ3n) is 3.89. The van der Waals surface area contributed by atoms with E-state index >= 15 is 0 Å². The molecule has 0 saturated carbocycles. The zero-order valence-corrected chi connectivity index (χ0v) is 12.3. The monoisotopic (exact) mass is 274 g/mol. The van der Waals surface area contributed by atoms with Crippen molar-refractivity contribution in [1.82, 2.24) is 10.3 Å². The summed E-state index contributed by atoms with van der Waals surface area (Å²) in [6.07, 6.45) is 1.39. The summed E-state index contributed by atoms with van der Waals surface area (Å²) in [5, 5.41) is 13.1. The lowest BCUT2D eigenvalue weighted by Gasteiger charge is -2.16. The van der Waals surface area contributed by atoms with Gasteiger partial charge >= 0.3 is 0 Å². The first kappa shape index (κ1) is 14.6. The summed E-state index contributed by atoms with van der Waals surface area (Å²) in [4.78, 5) is 15.7. The number of carbonyl (C=O) groups excluding carboxylic acids is 1. The minimum absolute atomic E-state index is 0.0138. The number of aromatic nitrogens is 1. The van der Waals surface area contributed by atoms with Gasteiger partial charge in [-0.05, 0) is 38.3 Å². The molecule has 1 aromatic carbocycles. The van der Waals surface area contributed by atoms with Gasteiger partial charge in [0.15, 0.2) is 0 Å². The van der Waals surface area contributed by atoms with Gasteiger partial charge in [0, 0.05) is 23.7 Å². The van der Waals surface area contributed by atoms with E-state index in [1.807, 2.05) is 32.0 Å². The van der Waals surface area contributed by atoms with Crippen LogP contribution in [-0.2, 0) is 0 Å². The van der Waals surface area contributed by atoms with Crippen LogP contribution in [-0.4, -0.2) is 28.6 Å². The molecule has 1 amide bonds. The fourth-order valence-corrected chi connectivity index (χ4v) is 2.47. The van der Waals surface area contributed by atoms with Crippen LogP contribution in [0.5, 0.6) is 0 Å². The van der Waals surface area contributed by atoms with E-state index in [0.29, 0.717) is 12.0 Å². The highest BCUT2D eigenvalue weighted by molar-refractivity contribution is 6.06. The van der Waals surface area contributed by atoms with Crippen LogP contribution in [0.3, 0.4) is 0 Å². The number of H-pyrrole nitrogens is 1. The molecule has 0 saturated heterocycles. The average Bonchev–Trinajstić information content (AvgIpc) is 2.73. The van der Waals surface area contributed by atoms with Gasteiger partial charge in [-0.2, -0.15) is 0 Å².